The molecule has 4 heteroatoms. The van der Waals surface area contributed by atoms with Crippen LogP contribution >= 0.6 is 0 Å². The molecule has 0 unspecified atom stereocenters. The van der Waals surface area contributed by atoms with Crippen molar-refractivity contribution in [3.63, 3.8) is 0 Å². The predicted molar refractivity (Wildman–Crippen MR) is 56.0 cm³/mol. The molecular weight excluding hydrogens is 176 g/mol. The summed E-state index contributed by atoms with van der Waals surface area (Å²) in [5, 5.41) is 0. The Bertz CT molecular complexity index is 348. The molecule has 0 radical (unpaired) electrons. The SMILES string of the molecule is CCc1ncc(C)[nH]1.Cc1ncc[nH]1. The molecule has 0 saturated heterocycles. The topological polar surface area (TPSA) is 57.4 Å². The van der Waals surface area contributed by atoms with Gasteiger partial charge in [-0.05, 0) is 13.8 Å². The highest BCUT2D eigenvalue weighted by Crippen LogP contribution is 1.93. The molecule has 2 aromatic rings. The summed E-state index contributed by atoms with van der Waals surface area (Å²) in [5.74, 6) is 2.04. The molecule has 2 heterocycles. The molecule has 0 aromatic carbocycles. The second-order valence-electron chi connectivity index (χ2n) is 3.04. The molecule has 0 bridgehead atoms. The zero-order valence-corrected chi connectivity index (χ0v) is 8.83. The molecule has 2 rings (SSSR count). The minimum Gasteiger partial charge on any atom is -0.349 e. The first kappa shape index (κ1) is 10.5. The number of H-pyrrole nitrogens is 2. The van der Waals surface area contributed by atoms with Gasteiger partial charge in [-0.15, -0.1) is 0 Å². The molecule has 0 aliphatic heterocycles. The largest absolute Gasteiger partial charge is 0.349 e. The van der Waals surface area contributed by atoms with Gasteiger partial charge in [-0.3, -0.25) is 0 Å². The molecule has 0 saturated carbocycles. The minimum absolute atomic E-state index is 0.968. The Kier molecular flexibility index (Phi) is 3.91. The zero-order valence-electron chi connectivity index (χ0n) is 8.83. The van der Waals surface area contributed by atoms with Gasteiger partial charge in [0, 0.05) is 30.7 Å². The number of rotatable bonds is 1. The number of aromatic nitrogens is 4. The molecule has 0 aliphatic rings. The molecule has 0 atom stereocenters. The maximum Gasteiger partial charge on any atom is 0.105 e. The lowest BCUT2D eigenvalue weighted by atomic mass is 10.5. The number of hydrogen-bond donors (Lipinski definition) is 2. The lowest BCUT2D eigenvalue weighted by Gasteiger charge is -1.82. The van der Waals surface area contributed by atoms with Crippen LogP contribution in [0.15, 0.2) is 18.6 Å². The first-order valence-corrected chi connectivity index (χ1v) is 4.68. The van der Waals surface area contributed by atoms with Gasteiger partial charge < -0.3 is 9.97 Å². The third-order valence-corrected chi connectivity index (χ3v) is 1.73. The monoisotopic (exact) mass is 192 g/mol. The van der Waals surface area contributed by atoms with E-state index in [-0.39, 0.29) is 0 Å². The highest BCUT2D eigenvalue weighted by molar-refractivity contribution is 4.97. The predicted octanol–water partition coefficient (Wildman–Crippen LogP) is 2.00. The number of nitrogens with zero attached hydrogens (tertiary/aromatic N) is 2. The fourth-order valence-corrected chi connectivity index (χ4v) is 0.991. The van der Waals surface area contributed by atoms with E-state index >= 15 is 0 Å². The average molecular weight is 192 g/mol. The van der Waals surface area contributed by atoms with Crippen molar-refractivity contribution in [2.45, 2.75) is 27.2 Å². The molecule has 0 amide bonds. The van der Waals surface area contributed by atoms with Crippen molar-refractivity contribution in [2.24, 2.45) is 0 Å². The normalized spacial score (nSPS) is 9.36. The molecular formula is C10H16N4. The van der Waals surface area contributed by atoms with Crippen molar-refractivity contribution >= 4 is 0 Å². The van der Waals surface area contributed by atoms with Gasteiger partial charge >= 0.3 is 0 Å². The summed E-state index contributed by atoms with van der Waals surface area (Å²) in [6.07, 6.45) is 6.37. The Balaban J connectivity index is 0.000000146. The second-order valence-corrected chi connectivity index (χ2v) is 3.04. The van der Waals surface area contributed by atoms with E-state index in [9.17, 15) is 0 Å². The van der Waals surface area contributed by atoms with E-state index in [1.165, 1.54) is 0 Å². The lowest BCUT2D eigenvalue weighted by Crippen LogP contribution is -1.80. The van der Waals surface area contributed by atoms with Crippen LogP contribution in [0.25, 0.3) is 0 Å². The van der Waals surface area contributed by atoms with Crippen LogP contribution in [0, 0.1) is 13.8 Å². The molecule has 0 aliphatic carbocycles. The van der Waals surface area contributed by atoms with Crippen molar-refractivity contribution in [1.29, 1.82) is 0 Å². The molecule has 76 valence electrons. The van der Waals surface area contributed by atoms with Crippen molar-refractivity contribution in [1.82, 2.24) is 19.9 Å². The Labute approximate surface area is 83.8 Å². The zero-order chi connectivity index (χ0) is 10.4. The van der Waals surface area contributed by atoms with E-state index in [0.29, 0.717) is 0 Å². The summed E-state index contributed by atoms with van der Waals surface area (Å²) in [4.78, 5) is 13.9. The van der Waals surface area contributed by atoms with Crippen LogP contribution in [0.2, 0.25) is 0 Å². The summed E-state index contributed by atoms with van der Waals surface area (Å²) in [6.45, 7) is 6.00. The third kappa shape index (κ3) is 3.43. The summed E-state index contributed by atoms with van der Waals surface area (Å²) in [5.41, 5.74) is 1.14. The van der Waals surface area contributed by atoms with E-state index in [1.807, 2.05) is 20.0 Å². The number of aromatic amines is 2. The van der Waals surface area contributed by atoms with Crippen LogP contribution in [0.3, 0.4) is 0 Å². The Morgan fingerprint density at radius 3 is 2.29 bits per heavy atom. The van der Waals surface area contributed by atoms with Crippen molar-refractivity contribution in [3.8, 4) is 0 Å². The van der Waals surface area contributed by atoms with Gasteiger partial charge in [0.05, 0.1) is 0 Å². The minimum atomic E-state index is 0.968. The highest BCUT2D eigenvalue weighted by atomic mass is 14.9. The number of hydrogen-bond acceptors (Lipinski definition) is 2. The van der Waals surface area contributed by atoms with Crippen molar-refractivity contribution in [2.75, 3.05) is 0 Å². The van der Waals surface area contributed by atoms with Crippen LogP contribution in [0.4, 0.5) is 0 Å². The van der Waals surface area contributed by atoms with E-state index < -0.39 is 0 Å². The van der Waals surface area contributed by atoms with Crippen molar-refractivity contribution in [3.05, 3.63) is 35.9 Å². The molecule has 2 aromatic heterocycles. The summed E-state index contributed by atoms with van der Waals surface area (Å²) >= 11 is 0. The smallest absolute Gasteiger partial charge is 0.105 e. The molecule has 14 heavy (non-hydrogen) atoms. The van der Waals surface area contributed by atoms with Gasteiger partial charge in [-0.1, -0.05) is 6.92 Å². The maximum absolute atomic E-state index is 4.08. The fraction of sp³-hybridized carbons (Fsp3) is 0.400. The molecule has 4 nitrogen and oxygen atoms in total. The van der Waals surface area contributed by atoms with Gasteiger partial charge in [0.2, 0.25) is 0 Å². The van der Waals surface area contributed by atoms with E-state index in [4.69, 9.17) is 0 Å². The van der Waals surface area contributed by atoms with Crippen LogP contribution in [0.5, 0.6) is 0 Å². The molecule has 0 fully saturated rings. The van der Waals surface area contributed by atoms with Crippen LogP contribution < -0.4 is 0 Å². The lowest BCUT2D eigenvalue weighted by molar-refractivity contribution is 0.982. The summed E-state index contributed by atoms with van der Waals surface area (Å²) in [6, 6.07) is 0. The first-order valence-electron chi connectivity index (χ1n) is 4.68. The average Bonchev–Trinajstić information content (AvgIpc) is 2.77. The van der Waals surface area contributed by atoms with Gasteiger partial charge in [0.25, 0.3) is 0 Å². The van der Waals surface area contributed by atoms with Crippen LogP contribution in [-0.2, 0) is 6.42 Å². The van der Waals surface area contributed by atoms with E-state index in [1.54, 1.807) is 12.4 Å². The molecule has 2 N–H and O–H groups in total. The van der Waals surface area contributed by atoms with Gasteiger partial charge in [0.1, 0.15) is 11.6 Å². The van der Waals surface area contributed by atoms with Gasteiger partial charge in [-0.2, -0.15) is 0 Å². The Morgan fingerprint density at radius 2 is 2.07 bits per heavy atom. The Hall–Kier alpha value is -1.58. The molecule has 0 spiro atoms. The highest BCUT2D eigenvalue weighted by Gasteiger charge is 1.89. The van der Waals surface area contributed by atoms with Crippen molar-refractivity contribution < 1.29 is 0 Å². The van der Waals surface area contributed by atoms with E-state index in [2.05, 4.69) is 26.9 Å². The van der Waals surface area contributed by atoms with Crippen LogP contribution in [0.1, 0.15) is 24.3 Å². The van der Waals surface area contributed by atoms with Gasteiger partial charge in [0.15, 0.2) is 0 Å². The maximum atomic E-state index is 4.08. The quantitative estimate of drug-likeness (QED) is 0.726. The Morgan fingerprint density at radius 1 is 1.29 bits per heavy atom. The standard InChI is InChI=1S/C6H10N2.C4H6N2/c1-3-6-7-4-5(2)8-6;1-4-5-2-3-6-4/h4H,3H2,1-2H3,(H,7,8);2-3H,1H3,(H,5,6). The van der Waals surface area contributed by atoms with Crippen LogP contribution in [-0.4, -0.2) is 19.9 Å². The third-order valence-electron chi connectivity index (χ3n) is 1.73. The van der Waals surface area contributed by atoms with Gasteiger partial charge in [-0.25, -0.2) is 9.97 Å². The number of nitrogens with one attached hydrogen (secondary N) is 2. The fourth-order valence-electron chi connectivity index (χ4n) is 0.991. The number of imidazole rings is 2. The summed E-state index contributed by atoms with van der Waals surface area (Å²) < 4.78 is 0. The second kappa shape index (κ2) is 5.21. The number of aryl methyl sites for hydroxylation is 3. The first-order chi connectivity index (χ1) is 6.72. The van der Waals surface area contributed by atoms with E-state index in [0.717, 1.165) is 23.8 Å². The summed E-state index contributed by atoms with van der Waals surface area (Å²) in [7, 11) is 0.